The number of nitriles is 1. The Labute approximate surface area is 171 Å². The van der Waals surface area contributed by atoms with Crippen LogP contribution >= 0.6 is 11.6 Å². The summed E-state index contributed by atoms with van der Waals surface area (Å²) >= 11 is 5.96. The van der Waals surface area contributed by atoms with Gasteiger partial charge < -0.3 is 0 Å². The maximum absolute atomic E-state index is 8.75. The Morgan fingerprint density at radius 2 is 1.07 bits per heavy atom. The second-order valence-corrected chi connectivity index (χ2v) is 8.80. The Morgan fingerprint density at radius 1 is 0.704 bits per heavy atom. The fourth-order valence-corrected chi connectivity index (χ4v) is 3.02. The van der Waals surface area contributed by atoms with E-state index < -0.39 is 0 Å². The molecule has 2 heteroatoms. The van der Waals surface area contributed by atoms with E-state index in [2.05, 4.69) is 82.3 Å². The van der Waals surface area contributed by atoms with E-state index in [0.29, 0.717) is 5.92 Å². The first kappa shape index (κ1) is 23.3. The molecule has 2 aromatic rings. The van der Waals surface area contributed by atoms with Crippen LogP contribution in [0.4, 0.5) is 0 Å². The van der Waals surface area contributed by atoms with Gasteiger partial charge >= 0.3 is 0 Å². The second kappa shape index (κ2) is 11.8. The lowest BCUT2D eigenvalue weighted by Gasteiger charge is -2.07. The minimum atomic E-state index is 0.00287. The molecule has 0 aromatic heterocycles. The van der Waals surface area contributed by atoms with E-state index in [1.165, 1.54) is 16.7 Å². The van der Waals surface area contributed by atoms with Crippen LogP contribution in [0.1, 0.15) is 75.1 Å². The van der Waals surface area contributed by atoms with Crippen molar-refractivity contribution in [1.29, 1.82) is 5.26 Å². The average Bonchev–Trinajstić information content (AvgIpc) is 2.61. The van der Waals surface area contributed by atoms with E-state index in [-0.39, 0.29) is 11.3 Å². The fraction of sp³-hybridized carbons (Fsp3) is 0.480. The lowest BCUT2D eigenvalue weighted by atomic mass is 9.98. The summed E-state index contributed by atoms with van der Waals surface area (Å²) in [5.41, 5.74) is 5.07. The zero-order valence-corrected chi connectivity index (χ0v) is 18.4. The van der Waals surface area contributed by atoms with Gasteiger partial charge in [0.05, 0.1) is 17.4 Å². The number of hydrogen-bond donors (Lipinski definition) is 0. The third kappa shape index (κ3) is 9.12. The van der Waals surface area contributed by atoms with E-state index in [4.69, 9.17) is 16.9 Å². The van der Waals surface area contributed by atoms with Crippen LogP contribution < -0.4 is 0 Å². The lowest BCUT2D eigenvalue weighted by Crippen LogP contribution is -1.95. The van der Waals surface area contributed by atoms with Crippen molar-refractivity contribution in [1.82, 2.24) is 0 Å². The molecule has 0 aliphatic heterocycles. The SMILES string of the molecule is CC(C)Cc1ccc(C(C)C#N)cc1.CC(C)Cc1ccc(C(C)Cl)cc1. The summed E-state index contributed by atoms with van der Waals surface area (Å²) in [5.74, 6) is 1.41. The zero-order chi connectivity index (χ0) is 20.4. The summed E-state index contributed by atoms with van der Waals surface area (Å²) in [7, 11) is 0. The van der Waals surface area contributed by atoms with Crippen molar-refractivity contribution in [3.05, 3.63) is 70.8 Å². The quantitative estimate of drug-likeness (QED) is 0.469. The molecule has 0 N–H and O–H groups in total. The van der Waals surface area contributed by atoms with Gasteiger partial charge in [-0.15, -0.1) is 11.6 Å². The minimum absolute atomic E-state index is 0.00287. The fourth-order valence-electron chi connectivity index (χ4n) is 2.88. The Morgan fingerprint density at radius 3 is 1.37 bits per heavy atom. The molecule has 0 saturated carbocycles. The highest BCUT2D eigenvalue weighted by atomic mass is 35.5. The largest absolute Gasteiger partial charge is 0.198 e. The standard InChI is InChI=1S/C13H17N.C12H17Cl/c1-10(2)8-12-4-6-13(7-5-12)11(3)9-14;1-9(2)8-11-4-6-12(7-5-11)10(3)13/h4-7,10-11H,8H2,1-3H3;4-7,9-10H,8H2,1-3H3. The highest BCUT2D eigenvalue weighted by molar-refractivity contribution is 6.20. The molecule has 0 heterocycles. The Hall–Kier alpha value is -1.78. The zero-order valence-electron chi connectivity index (χ0n) is 17.7. The minimum Gasteiger partial charge on any atom is -0.198 e. The summed E-state index contributed by atoms with van der Waals surface area (Å²) in [6, 6.07) is 19.2. The van der Waals surface area contributed by atoms with Gasteiger partial charge in [-0.2, -0.15) is 5.26 Å². The molecule has 2 unspecified atom stereocenters. The van der Waals surface area contributed by atoms with E-state index in [1.54, 1.807) is 0 Å². The molecular weight excluding hydrogens is 350 g/mol. The van der Waals surface area contributed by atoms with Gasteiger partial charge in [0.25, 0.3) is 0 Å². The first-order valence-corrected chi connectivity index (χ1v) is 10.4. The number of halogens is 1. The van der Waals surface area contributed by atoms with Crippen molar-refractivity contribution in [3.63, 3.8) is 0 Å². The van der Waals surface area contributed by atoms with E-state index in [1.807, 2.05) is 13.8 Å². The maximum atomic E-state index is 8.75. The van der Waals surface area contributed by atoms with Crippen molar-refractivity contribution < 1.29 is 0 Å². The summed E-state index contributed by atoms with van der Waals surface area (Å²) in [6.45, 7) is 12.8. The molecule has 2 atom stereocenters. The second-order valence-electron chi connectivity index (χ2n) is 8.15. The van der Waals surface area contributed by atoms with Gasteiger partial charge in [0.15, 0.2) is 0 Å². The van der Waals surface area contributed by atoms with Crippen LogP contribution in [0.15, 0.2) is 48.5 Å². The Balaban J connectivity index is 0.000000271. The van der Waals surface area contributed by atoms with Crippen LogP contribution in [0.2, 0.25) is 0 Å². The van der Waals surface area contributed by atoms with Gasteiger partial charge in [-0.1, -0.05) is 76.2 Å². The van der Waals surface area contributed by atoms with Crippen LogP contribution in [0.25, 0.3) is 0 Å². The first-order chi connectivity index (χ1) is 12.7. The molecule has 0 saturated heterocycles. The molecule has 146 valence electrons. The van der Waals surface area contributed by atoms with Gasteiger partial charge in [-0.3, -0.25) is 0 Å². The van der Waals surface area contributed by atoms with Crippen LogP contribution in [0.5, 0.6) is 0 Å². The summed E-state index contributed by atoms with van der Waals surface area (Å²) in [5, 5.41) is 8.87. The first-order valence-electron chi connectivity index (χ1n) is 9.94. The predicted octanol–water partition coefficient (Wildman–Crippen LogP) is 7.70. The van der Waals surface area contributed by atoms with E-state index >= 15 is 0 Å². The van der Waals surface area contributed by atoms with Gasteiger partial charge in [0, 0.05) is 0 Å². The predicted molar refractivity (Wildman–Crippen MR) is 118 cm³/mol. The summed E-state index contributed by atoms with van der Waals surface area (Å²) < 4.78 is 0. The van der Waals surface area contributed by atoms with Crippen LogP contribution in [-0.2, 0) is 12.8 Å². The highest BCUT2D eigenvalue weighted by Gasteiger charge is 2.04. The molecule has 0 aliphatic rings. The molecule has 0 radical (unpaired) electrons. The van der Waals surface area contributed by atoms with Gasteiger partial charge in [-0.05, 0) is 60.8 Å². The molecular formula is C25H34ClN. The molecule has 27 heavy (non-hydrogen) atoms. The van der Waals surface area contributed by atoms with Gasteiger partial charge in [0.2, 0.25) is 0 Å². The molecule has 1 nitrogen and oxygen atoms in total. The maximum Gasteiger partial charge on any atom is 0.0700 e. The molecule has 0 aliphatic carbocycles. The average molecular weight is 384 g/mol. The molecule has 0 bridgehead atoms. The number of nitrogens with zero attached hydrogens (tertiary/aromatic N) is 1. The molecule has 2 rings (SSSR count). The Kier molecular flexibility index (Phi) is 10.2. The normalized spacial score (nSPS) is 12.9. The number of benzene rings is 2. The van der Waals surface area contributed by atoms with Crippen LogP contribution in [0, 0.1) is 23.2 Å². The highest BCUT2D eigenvalue weighted by Crippen LogP contribution is 2.20. The topological polar surface area (TPSA) is 23.8 Å². The third-order valence-corrected chi connectivity index (χ3v) is 4.65. The number of alkyl halides is 1. The number of rotatable bonds is 6. The van der Waals surface area contributed by atoms with Gasteiger partial charge in [-0.25, -0.2) is 0 Å². The van der Waals surface area contributed by atoms with Crippen molar-refractivity contribution in [2.24, 2.45) is 11.8 Å². The monoisotopic (exact) mass is 383 g/mol. The molecule has 0 amide bonds. The summed E-state index contributed by atoms with van der Waals surface area (Å²) in [4.78, 5) is 0. The van der Waals surface area contributed by atoms with Crippen molar-refractivity contribution >= 4 is 11.6 Å². The van der Waals surface area contributed by atoms with Crippen LogP contribution in [-0.4, -0.2) is 0 Å². The molecule has 2 aromatic carbocycles. The Bertz CT molecular complexity index is 691. The van der Waals surface area contributed by atoms with E-state index in [0.717, 1.165) is 24.3 Å². The van der Waals surface area contributed by atoms with Gasteiger partial charge in [0.1, 0.15) is 0 Å². The van der Waals surface area contributed by atoms with Crippen molar-refractivity contribution in [2.45, 2.75) is 65.7 Å². The van der Waals surface area contributed by atoms with E-state index in [9.17, 15) is 0 Å². The third-order valence-electron chi connectivity index (χ3n) is 4.40. The molecule has 0 fully saturated rings. The smallest absolute Gasteiger partial charge is 0.0700 e. The summed E-state index contributed by atoms with van der Waals surface area (Å²) in [6.07, 6.45) is 2.26. The lowest BCUT2D eigenvalue weighted by molar-refractivity contribution is 0.647. The van der Waals surface area contributed by atoms with Crippen LogP contribution in [0.3, 0.4) is 0 Å². The number of hydrogen-bond acceptors (Lipinski definition) is 1. The molecule has 0 spiro atoms. The van der Waals surface area contributed by atoms with Crippen molar-refractivity contribution in [2.75, 3.05) is 0 Å². The van der Waals surface area contributed by atoms with Crippen molar-refractivity contribution in [3.8, 4) is 6.07 Å².